The third-order valence-electron chi connectivity index (χ3n) is 3.81. The van der Waals surface area contributed by atoms with Crippen LogP contribution < -0.4 is 5.73 Å². The molecular weight excluding hydrogens is 383 g/mol. The van der Waals surface area contributed by atoms with Gasteiger partial charge < -0.3 is 5.73 Å². The molecule has 1 heterocycles. The molecule has 1 aromatic carbocycles. The molecule has 1 aliphatic rings. The van der Waals surface area contributed by atoms with E-state index in [1.165, 1.54) is 32.9 Å². The maximum Gasteiger partial charge on any atom is 0.165 e. The summed E-state index contributed by atoms with van der Waals surface area (Å²) in [6.45, 7) is 4.52. The number of rotatable bonds is 1. The van der Waals surface area contributed by atoms with Crippen molar-refractivity contribution in [3.05, 3.63) is 33.0 Å². The van der Waals surface area contributed by atoms with Gasteiger partial charge in [-0.05, 0) is 32.9 Å². The van der Waals surface area contributed by atoms with Crippen molar-refractivity contribution >= 4 is 43.2 Å². The highest BCUT2D eigenvalue weighted by Crippen LogP contribution is 2.40. The monoisotopic (exact) mass is 396 g/mol. The Morgan fingerprint density at radius 3 is 2.48 bits per heavy atom. The maximum atomic E-state index is 14.3. The summed E-state index contributed by atoms with van der Waals surface area (Å²) in [6, 6.07) is 2.88. The molecular formula is C13H15BrClFN2O2S. The van der Waals surface area contributed by atoms with Crippen molar-refractivity contribution in [3.63, 3.8) is 0 Å². The molecule has 0 fully saturated rings. The van der Waals surface area contributed by atoms with Gasteiger partial charge >= 0.3 is 0 Å². The number of nitrogens with two attached hydrogens (primary N) is 1. The number of amidine groups is 1. The number of hydrogen-bond donors (Lipinski definition) is 1. The van der Waals surface area contributed by atoms with Gasteiger partial charge in [0.2, 0.25) is 0 Å². The van der Waals surface area contributed by atoms with Crippen molar-refractivity contribution in [1.82, 2.24) is 0 Å². The molecule has 0 bridgehead atoms. The predicted molar refractivity (Wildman–Crippen MR) is 86.0 cm³/mol. The van der Waals surface area contributed by atoms with Crippen LogP contribution >= 0.6 is 27.5 Å². The third kappa shape index (κ3) is 2.59. The fourth-order valence-electron chi connectivity index (χ4n) is 2.23. The summed E-state index contributed by atoms with van der Waals surface area (Å²) in [5, 5.41) is -0.100. The summed E-state index contributed by atoms with van der Waals surface area (Å²) >= 11 is 9.05. The molecule has 8 heteroatoms. The second-order valence-electron chi connectivity index (χ2n) is 5.79. The molecule has 2 N–H and O–H groups in total. The molecule has 21 heavy (non-hydrogen) atoms. The Hall–Kier alpha value is -0.660. The Bertz CT molecular complexity index is 749. The molecule has 4 nitrogen and oxygen atoms in total. The van der Waals surface area contributed by atoms with Crippen molar-refractivity contribution in [2.24, 2.45) is 10.7 Å². The molecule has 0 saturated heterocycles. The molecule has 0 radical (unpaired) electrons. The maximum absolute atomic E-state index is 14.3. The van der Waals surface area contributed by atoms with Crippen LogP contribution in [0.25, 0.3) is 0 Å². The first-order chi connectivity index (χ1) is 9.41. The molecule has 1 aromatic rings. The summed E-state index contributed by atoms with van der Waals surface area (Å²) in [5.41, 5.74) is 4.62. The minimum absolute atomic E-state index is 0.0354. The average molecular weight is 398 g/mol. The van der Waals surface area contributed by atoms with Crippen molar-refractivity contribution in [2.75, 3.05) is 5.75 Å². The number of benzene rings is 1. The van der Waals surface area contributed by atoms with E-state index in [1.807, 2.05) is 0 Å². The van der Waals surface area contributed by atoms with E-state index in [9.17, 15) is 12.8 Å². The molecule has 1 atom stereocenters. The lowest BCUT2D eigenvalue weighted by molar-refractivity contribution is 0.475. The lowest BCUT2D eigenvalue weighted by atomic mass is 9.93. The Labute approximate surface area is 136 Å². The summed E-state index contributed by atoms with van der Waals surface area (Å²) in [4.78, 5) is 4.27. The molecule has 0 amide bonds. The Morgan fingerprint density at radius 1 is 1.38 bits per heavy atom. The topological polar surface area (TPSA) is 72.5 Å². The van der Waals surface area contributed by atoms with Crippen LogP contribution in [0.4, 0.5) is 4.39 Å². The smallest absolute Gasteiger partial charge is 0.165 e. The highest BCUT2D eigenvalue weighted by Gasteiger charge is 2.49. The van der Waals surface area contributed by atoms with E-state index < -0.39 is 25.9 Å². The molecule has 0 saturated carbocycles. The number of aliphatic imine (C=N–C) groups is 1. The summed E-state index contributed by atoms with van der Waals surface area (Å²) < 4.78 is 38.5. The van der Waals surface area contributed by atoms with Crippen LogP contribution in [0.15, 0.2) is 21.6 Å². The SMILES string of the molecule is CC1(c2cc(Br)cc(Cl)c2F)CS(=O)(=O)C(C)(C)C(N)=N1. The minimum Gasteiger partial charge on any atom is -0.386 e. The van der Waals surface area contributed by atoms with Crippen LogP contribution in [-0.4, -0.2) is 24.8 Å². The van der Waals surface area contributed by atoms with E-state index in [4.69, 9.17) is 17.3 Å². The molecule has 0 aliphatic carbocycles. The van der Waals surface area contributed by atoms with Gasteiger partial charge in [-0.2, -0.15) is 0 Å². The first-order valence-electron chi connectivity index (χ1n) is 6.14. The fourth-order valence-corrected chi connectivity index (χ4v) is 4.72. The number of halogens is 3. The predicted octanol–water partition coefficient (Wildman–Crippen LogP) is 3.02. The minimum atomic E-state index is -3.59. The zero-order valence-electron chi connectivity index (χ0n) is 11.7. The lowest BCUT2D eigenvalue weighted by Gasteiger charge is -2.38. The fraction of sp³-hybridized carbons (Fsp3) is 0.462. The van der Waals surface area contributed by atoms with Crippen molar-refractivity contribution in [3.8, 4) is 0 Å². The van der Waals surface area contributed by atoms with Crippen LogP contribution in [0.2, 0.25) is 5.02 Å². The molecule has 1 aliphatic heterocycles. The zero-order valence-corrected chi connectivity index (χ0v) is 14.9. The zero-order chi connectivity index (χ0) is 16.2. The Morgan fingerprint density at radius 2 is 1.95 bits per heavy atom. The van der Waals surface area contributed by atoms with Gasteiger partial charge in [-0.1, -0.05) is 27.5 Å². The Balaban J connectivity index is 2.73. The van der Waals surface area contributed by atoms with Crippen LogP contribution in [0.3, 0.4) is 0 Å². The van der Waals surface area contributed by atoms with E-state index in [1.54, 1.807) is 0 Å². The van der Waals surface area contributed by atoms with Crippen LogP contribution in [0.5, 0.6) is 0 Å². The quantitative estimate of drug-likeness (QED) is 0.740. The van der Waals surface area contributed by atoms with Gasteiger partial charge in [0.1, 0.15) is 21.9 Å². The average Bonchev–Trinajstić information content (AvgIpc) is 2.30. The summed E-state index contributed by atoms with van der Waals surface area (Å²) in [6.07, 6.45) is 0. The van der Waals surface area contributed by atoms with E-state index in [0.29, 0.717) is 4.47 Å². The normalized spacial score (nSPS) is 27.2. The van der Waals surface area contributed by atoms with Crippen molar-refractivity contribution in [1.29, 1.82) is 0 Å². The van der Waals surface area contributed by atoms with Gasteiger partial charge in [0.05, 0.1) is 10.8 Å². The van der Waals surface area contributed by atoms with E-state index in [2.05, 4.69) is 20.9 Å². The number of hydrogen-bond acceptors (Lipinski definition) is 4. The molecule has 0 spiro atoms. The molecule has 1 unspecified atom stereocenters. The second-order valence-corrected chi connectivity index (χ2v) is 9.65. The first kappa shape index (κ1) is 16.7. The van der Waals surface area contributed by atoms with Crippen LogP contribution in [0.1, 0.15) is 26.3 Å². The third-order valence-corrected chi connectivity index (χ3v) is 7.25. The van der Waals surface area contributed by atoms with Gasteiger partial charge in [0, 0.05) is 10.0 Å². The van der Waals surface area contributed by atoms with Crippen molar-refractivity contribution < 1.29 is 12.8 Å². The van der Waals surface area contributed by atoms with Crippen LogP contribution in [-0.2, 0) is 15.4 Å². The highest BCUT2D eigenvalue weighted by molar-refractivity contribution is 9.10. The number of sulfone groups is 1. The lowest BCUT2D eigenvalue weighted by Crippen LogP contribution is -2.55. The van der Waals surface area contributed by atoms with Crippen LogP contribution in [0, 0.1) is 5.82 Å². The standard InChI is InChI=1S/C13H15BrClFN2O2S/c1-12(2)11(17)18-13(3,6-21(12,19)20)8-4-7(14)5-9(15)10(8)16/h4-5H,6H2,1-3H3,(H2,17,18). The van der Waals surface area contributed by atoms with E-state index in [0.717, 1.165) is 0 Å². The number of nitrogens with zero attached hydrogens (tertiary/aromatic N) is 1. The summed E-state index contributed by atoms with van der Waals surface area (Å²) in [7, 11) is -3.59. The van der Waals surface area contributed by atoms with Gasteiger partial charge in [-0.15, -0.1) is 0 Å². The molecule has 2 rings (SSSR count). The largest absolute Gasteiger partial charge is 0.386 e. The van der Waals surface area contributed by atoms with E-state index in [-0.39, 0.29) is 22.2 Å². The van der Waals surface area contributed by atoms with Gasteiger partial charge in [-0.3, -0.25) is 4.99 Å². The van der Waals surface area contributed by atoms with Gasteiger partial charge in [0.25, 0.3) is 0 Å². The highest BCUT2D eigenvalue weighted by atomic mass is 79.9. The molecule has 0 aromatic heterocycles. The second kappa shape index (κ2) is 4.93. The van der Waals surface area contributed by atoms with E-state index >= 15 is 0 Å². The molecule has 116 valence electrons. The first-order valence-corrected chi connectivity index (χ1v) is 8.96. The van der Waals surface area contributed by atoms with Gasteiger partial charge in [0.15, 0.2) is 9.84 Å². The Kier molecular flexibility index (Phi) is 3.92. The van der Waals surface area contributed by atoms with Gasteiger partial charge in [-0.25, -0.2) is 12.8 Å². The summed E-state index contributed by atoms with van der Waals surface area (Å²) in [5.74, 6) is -1.06. The van der Waals surface area contributed by atoms with Crippen molar-refractivity contribution in [2.45, 2.75) is 31.1 Å².